The molecule has 1 rings (SSSR count). The Balaban J connectivity index is 2.60. The van der Waals surface area contributed by atoms with Crippen LogP contribution in [0.2, 0.25) is 0 Å². The number of rotatable bonds is 5. The van der Waals surface area contributed by atoms with Crippen LogP contribution in [-0.2, 0) is 4.79 Å². The van der Waals surface area contributed by atoms with Crippen molar-refractivity contribution in [2.24, 2.45) is 0 Å². The second-order valence-corrected chi connectivity index (χ2v) is 5.17. The number of likely N-dealkylation sites (N-methyl/N-ethyl adjacent to an activating group) is 2. The van der Waals surface area contributed by atoms with Gasteiger partial charge in [-0.1, -0.05) is 6.92 Å². The Morgan fingerprint density at radius 3 is 2.65 bits per heavy atom. The van der Waals surface area contributed by atoms with Gasteiger partial charge in [0.05, 0.1) is 0 Å². The highest BCUT2D eigenvalue weighted by Crippen LogP contribution is 2.14. The Bertz CT molecular complexity index is 272. The second kappa shape index (κ2) is 5.80. The summed E-state index contributed by atoms with van der Waals surface area (Å²) < 4.78 is 0. The summed E-state index contributed by atoms with van der Waals surface area (Å²) in [5.41, 5.74) is -0.853. The molecule has 17 heavy (non-hydrogen) atoms. The SMILES string of the molecule is CCC1CN(CC(C)(NC)C(=O)O)CCN1C. The molecule has 5 heteroatoms. The van der Waals surface area contributed by atoms with Gasteiger partial charge >= 0.3 is 5.97 Å². The maximum absolute atomic E-state index is 11.2. The van der Waals surface area contributed by atoms with E-state index in [4.69, 9.17) is 0 Å². The monoisotopic (exact) mass is 243 g/mol. The minimum Gasteiger partial charge on any atom is -0.480 e. The minimum atomic E-state index is -0.853. The standard InChI is InChI=1S/C12H25N3O2/c1-5-10-8-15(7-6-14(10)4)9-12(2,13-3)11(16)17/h10,13H,5-9H2,1-4H3,(H,16,17). The van der Waals surface area contributed by atoms with Crippen LogP contribution in [0.3, 0.4) is 0 Å². The molecule has 0 aromatic carbocycles. The summed E-state index contributed by atoms with van der Waals surface area (Å²) in [4.78, 5) is 15.8. The maximum atomic E-state index is 11.2. The van der Waals surface area contributed by atoms with Gasteiger partial charge in [-0.05, 0) is 27.4 Å². The van der Waals surface area contributed by atoms with Gasteiger partial charge in [-0.2, -0.15) is 0 Å². The zero-order chi connectivity index (χ0) is 13.1. The predicted octanol–water partition coefficient (Wildman–Crippen LogP) is 0.0751. The molecule has 0 amide bonds. The molecule has 0 saturated carbocycles. The van der Waals surface area contributed by atoms with Crippen molar-refractivity contribution < 1.29 is 9.90 Å². The lowest BCUT2D eigenvalue weighted by molar-refractivity contribution is -0.145. The zero-order valence-corrected chi connectivity index (χ0v) is 11.4. The van der Waals surface area contributed by atoms with Gasteiger partial charge in [0.25, 0.3) is 0 Å². The van der Waals surface area contributed by atoms with Crippen molar-refractivity contribution in [3.05, 3.63) is 0 Å². The summed E-state index contributed by atoms with van der Waals surface area (Å²) in [6, 6.07) is 0.540. The van der Waals surface area contributed by atoms with Crippen LogP contribution >= 0.6 is 0 Å². The third-order valence-corrected chi connectivity index (χ3v) is 3.90. The molecular formula is C12H25N3O2. The molecule has 0 radical (unpaired) electrons. The van der Waals surface area contributed by atoms with E-state index >= 15 is 0 Å². The predicted molar refractivity (Wildman–Crippen MR) is 68.2 cm³/mol. The largest absolute Gasteiger partial charge is 0.480 e. The molecule has 2 N–H and O–H groups in total. The number of carboxylic acids is 1. The molecule has 1 fully saturated rings. The number of carbonyl (C=O) groups is 1. The minimum absolute atomic E-state index is 0.540. The molecular weight excluding hydrogens is 218 g/mol. The van der Waals surface area contributed by atoms with Gasteiger partial charge < -0.3 is 15.3 Å². The average Bonchev–Trinajstić information content (AvgIpc) is 2.31. The van der Waals surface area contributed by atoms with Crippen molar-refractivity contribution in [2.75, 3.05) is 40.3 Å². The topological polar surface area (TPSA) is 55.8 Å². The number of nitrogens with one attached hydrogen (secondary N) is 1. The van der Waals surface area contributed by atoms with E-state index in [2.05, 4.69) is 29.1 Å². The fraction of sp³-hybridized carbons (Fsp3) is 0.917. The van der Waals surface area contributed by atoms with Gasteiger partial charge in [0.1, 0.15) is 5.54 Å². The number of nitrogens with zero attached hydrogens (tertiary/aromatic N) is 2. The number of piperazine rings is 1. The van der Waals surface area contributed by atoms with Crippen LogP contribution in [0.15, 0.2) is 0 Å². The van der Waals surface area contributed by atoms with Gasteiger partial charge in [0.15, 0.2) is 0 Å². The van der Waals surface area contributed by atoms with Crippen LogP contribution < -0.4 is 5.32 Å². The Morgan fingerprint density at radius 1 is 1.53 bits per heavy atom. The number of hydrogen-bond acceptors (Lipinski definition) is 4. The van der Waals surface area contributed by atoms with Gasteiger partial charge in [-0.25, -0.2) is 0 Å². The molecule has 2 atom stereocenters. The van der Waals surface area contributed by atoms with E-state index in [-0.39, 0.29) is 0 Å². The summed E-state index contributed by atoms with van der Waals surface area (Å²) in [6.07, 6.45) is 1.11. The third-order valence-electron chi connectivity index (χ3n) is 3.90. The van der Waals surface area contributed by atoms with Crippen molar-refractivity contribution >= 4 is 5.97 Å². The molecule has 100 valence electrons. The number of carboxylic acid groups (broad SMARTS) is 1. The quantitative estimate of drug-likeness (QED) is 0.716. The molecule has 0 spiro atoms. The first-order chi connectivity index (χ1) is 7.92. The normalized spacial score (nSPS) is 26.7. The molecule has 2 unspecified atom stereocenters. The molecule has 5 nitrogen and oxygen atoms in total. The lowest BCUT2D eigenvalue weighted by Crippen LogP contribution is -2.60. The van der Waals surface area contributed by atoms with Crippen LogP contribution in [0, 0.1) is 0 Å². The van der Waals surface area contributed by atoms with Crippen LogP contribution in [0.1, 0.15) is 20.3 Å². The average molecular weight is 243 g/mol. The van der Waals surface area contributed by atoms with E-state index < -0.39 is 11.5 Å². The van der Waals surface area contributed by atoms with Crippen LogP contribution in [0.4, 0.5) is 0 Å². The van der Waals surface area contributed by atoms with Gasteiger partial charge in [-0.15, -0.1) is 0 Å². The van der Waals surface area contributed by atoms with Crippen molar-refractivity contribution in [1.82, 2.24) is 15.1 Å². The van der Waals surface area contributed by atoms with Crippen molar-refractivity contribution in [1.29, 1.82) is 0 Å². The smallest absolute Gasteiger partial charge is 0.324 e. The Hall–Kier alpha value is -0.650. The van der Waals surface area contributed by atoms with Crippen molar-refractivity contribution in [3.8, 4) is 0 Å². The lowest BCUT2D eigenvalue weighted by Gasteiger charge is -2.41. The Morgan fingerprint density at radius 2 is 2.18 bits per heavy atom. The Labute approximate surface area is 104 Å². The van der Waals surface area contributed by atoms with Gasteiger partial charge in [0.2, 0.25) is 0 Å². The molecule has 0 aliphatic carbocycles. The van der Waals surface area contributed by atoms with Gasteiger partial charge in [0, 0.05) is 32.2 Å². The molecule has 0 bridgehead atoms. The molecule has 0 aromatic heterocycles. The second-order valence-electron chi connectivity index (χ2n) is 5.17. The summed E-state index contributed by atoms with van der Waals surface area (Å²) in [7, 11) is 3.85. The van der Waals surface area contributed by atoms with E-state index in [1.54, 1.807) is 14.0 Å². The summed E-state index contributed by atoms with van der Waals surface area (Å²) in [6.45, 7) is 7.39. The molecule has 1 heterocycles. The van der Waals surface area contributed by atoms with Crippen molar-refractivity contribution in [3.63, 3.8) is 0 Å². The maximum Gasteiger partial charge on any atom is 0.324 e. The zero-order valence-electron chi connectivity index (χ0n) is 11.4. The van der Waals surface area contributed by atoms with E-state index in [0.29, 0.717) is 12.6 Å². The highest BCUT2D eigenvalue weighted by atomic mass is 16.4. The van der Waals surface area contributed by atoms with Crippen molar-refractivity contribution in [2.45, 2.75) is 31.8 Å². The molecule has 1 saturated heterocycles. The molecule has 1 aliphatic heterocycles. The van der Waals surface area contributed by atoms with E-state index in [1.807, 2.05) is 0 Å². The highest BCUT2D eigenvalue weighted by molar-refractivity contribution is 5.78. The summed E-state index contributed by atoms with van der Waals surface area (Å²) in [5, 5.41) is 12.2. The highest BCUT2D eigenvalue weighted by Gasteiger charge is 2.35. The fourth-order valence-corrected chi connectivity index (χ4v) is 2.30. The van der Waals surface area contributed by atoms with E-state index in [9.17, 15) is 9.90 Å². The summed E-state index contributed by atoms with van der Waals surface area (Å²) >= 11 is 0. The lowest BCUT2D eigenvalue weighted by atomic mass is 10.0. The van der Waals surface area contributed by atoms with Crippen LogP contribution in [-0.4, -0.2) is 72.7 Å². The first kappa shape index (κ1) is 14.4. The fourth-order valence-electron chi connectivity index (χ4n) is 2.30. The third kappa shape index (κ3) is 3.40. The van der Waals surface area contributed by atoms with E-state index in [0.717, 1.165) is 26.1 Å². The Kier molecular flexibility index (Phi) is 4.91. The molecule has 1 aliphatic rings. The number of hydrogen-bond donors (Lipinski definition) is 2. The summed E-state index contributed by atoms with van der Waals surface area (Å²) in [5.74, 6) is -0.785. The first-order valence-electron chi connectivity index (χ1n) is 6.28. The van der Waals surface area contributed by atoms with E-state index in [1.165, 1.54) is 0 Å². The van der Waals surface area contributed by atoms with Gasteiger partial charge in [-0.3, -0.25) is 9.69 Å². The number of aliphatic carboxylic acids is 1. The van der Waals surface area contributed by atoms with Crippen LogP contribution in [0.5, 0.6) is 0 Å². The van der Waals surface area contributed by atoms with Crippen LogP contribution in [0.25, 0.3) is 0 Å². The first-order valence-corrected chi connectivity index (χ1v) is 6.28. The molecule has 0 aromatic rings.